The maximum Gasteiger partial charge on any atom is 0.371 e. The number of carbonyl (C=O) groups is 2. The second-order valence-electron chi connectivity index (χ2n) is 8.91. The molecule has 6 N–H and O–H groups in total. The minimum Gasteiger partial charge on any atom is -0.475 e. The van der Waals surface area contributed by atoms with Crippen LogP contribution in [-0.4, -0.2) is 61.6 Å². The number of unbranched alkanes of at least 4 members (excludes halogenated alkanes) is 12. The summed E-state index contributed by atoms with van der Waals surface area (Å²) in [6, 6.07) is 2.18. The van der Waals surface area contributed by atoms with E-state index in [0.29, 0.717) is 6.42 Å². The predicted molar refractivity (Wildman–Crippen MR) is 139 cm³/mol. The van der Waals surface area contributed by atoms with E-state index in [4.69, 9.17) is 25.5 Å². The smallest absolute Gasteiger partial charge is 0.371 e. The van der Waals surface area contributed by atoms with Crippen molar-refractivity contribution in [1.29, 1.82) is 0 Å². The first-order valence-electron chi connectivity index (χ1n) is 13.4. The molecule has 212 valence electrons. The quantitative estimate of drug-likeness (QED) is 0.101. The van der Waals surface area contributed by atoms with Crippen molar-refractivity contribution in [2.75, 3.05) is 6.61 Å². The van der Waals surface area contributed by atoms with Gasteiger partial charge in [-0.25, -0.2) is 9.59 Å². The van der Waals surface area contributed by atoms with Gasteiger partial charge in [-0.2, -0.15) is 0 Å². The van der Waals surface area contributed by atoms with E-state index in [1.165, 1.54) is 77.0 Å². The Bertz CT molecular complexity index is 600. The molecule has 1 aromatic heterocycles. The summed E-state index contributed by atoms with van der Waals surface area (Å²) in [7, 11) is 0. The molecule has 9 heteroatoms. The van der Waals surface area contributed by atoms with E-state index in [2.05, 4.69) is 11.3 Å². The lowest BCUT2D eigenvalue weighted by Crippen LogP contribution is -2.10. The largest absolute Gasteiger partial charge is 0.475 e. The normalized spacial score (nSPS) is 11.3. The summed E-state index contributed by atoms with van der Waals surface area (Å²) in [6.07, 6.45) is 18.0. The summed E-state index contributed by atoms with van der Waals surface area (Å²) in [4.78, 5) is 20.3. The van der Waals surface area contributed by atoms with Gasteiger partial charge < -0.3 is 35.1 Å². The summed E-state index contributed by atoms with van der Waals surface area (Å²) in [5, 5.41) is 50.7. The van der Waals surface area contributed by atoms with Crippen LogP contribution in [-0.2, 0) is 0 Å². The van der Waals surface area contributed by atoms with Crippen molar-refractivity contribution in [3.05, 3.63) is 23.7 Å². The number of aliphatic hydroxyl groups excluding tert-OH is 3. The van der Waals surface area contributed by atoms with Gasteiger partial charge in [0.15, 0.2) is 6.29 Å². The molecule has 0 radical (unpaired) electrons. The number of rotatable bonds is 19. The van der Waals surface area contributed by atoms with E-state index in [9.17, 15) is 14.7 Å². The van der Waals surface area contributed by atoms with Gasteiger partial charge in [0.1, 0.15) is 0 Å². The van der Waals surface area contributed by atoms with Crippen molar-refractivity contribution in [2.45, 2.75) is 129 Å². The molecule has 0 aliphatic heterocycles. The minimum absolute atomic E-state index is 0.0851. The lowest BCUT2D eigenvalue weighted by atomic mass is 10.0. The van der Waals surface area contributed by atoms with Crippen molar-refractivity contribution in [3.63, 3.8) is 0 Å². The van der Waals surface area contributed by atoms with E-state index < -0.39 is 24.3 Å². The van der Waals surface area contributed by atoms with Crippen LogP contribution in [0.3, 0.4) is 0 Å². The van der Waals surface area contributed by atoms with Crippen LogP contribution >= 0.6 is 0 Å². The lowest BCUT2D eigenvalue weighted by Gasteiger charge is -2.06. The fourth-order valence-electron chi connectivity index (χ4n) is 3.31. The Kier molecular flexibility index (Phi) is 26.3. The third-order valence-electron chi connectivity index (χ3n) is 5.43. The highest BCUT2D eigenvalue weighted by molar-refractivity contribution is 5.88. The zero-order valence-electron chi connectivity index (χ0n) is 22.2. The van der Waals surface area contributed by atoms with Gasteiger partial charge in [-0.3, -0.25) is 0 Å². The maximum absolute atomic E-state index is 10.2. The Balaban J connectivity index is 0. The van der Waals surface area contributed by atoms with Crippen LogP contribution in [0.5, 0.6) is 0 Å². The monoisotopic (exact) mass is 518 g/mol. The van der Waals surface area contributed by atoms with Gasteiger partial charge in [-0.15, -0.1) is 0 Å². The number of hydrogen-bond acceptors (Lipinski definition) is 7. The van der Waals surface area contributed by atoms with Gasteiger partial charge in [-0.1, -0.05) is 104 Å². The number of carboxylic acids is 2. The Morgan fingerprint density at radius 1 is 0.667 bits per heavy atom. The fourth-order valence-corrected chi connectivity index (χ4v) is 3.31. The first kappa shape index (κ1) is 36.2. The molecule has 0 saturated carbocycles. The van der Waals surface area contributed by atoms with E-state index in [1.807, 2.05) is 6.92 Å². The van der Waals surface area contributed by atoms with Gasteiger partial charge in [0.25, 0.3) is 0 Å². The lowest BCUT2D eigenvalue weighted by molar-refractivity contribution is -0.0453. The molecule has 0 aliphatic carbocycles. The molecule has 0 aromatic carbocycles. The molecule has 0 aliphatic rings. The molecule has 1 heterocycles. The molecule has 0 amide bonds. The zero-order valence-corrected chi connectivity index (χ0v) is 22.2. The molecule has 0 saturated heterocycles. The molecule has 1 rings (SSSR count). The minimum atomic E-state index is -1.28. The number of aliphatic hydroxyl groups is 4. The third kappa shape index (κ3) is 25.2. The summed E-state index contributed by atoms with van der Waals surface area (Å²) in [5.41, 5.74) is 0. The van der Waals surface area contributed by atoms with Crippen LogP contribution in [0.2, 0.25) is 0 Å². The van der Waals surface area contributed by atoms with Crippen LogP contribution < -0.4 is 0 Å². The summed E-state index contributed by atoms with van der Waals surface area (Å²) in [6.45, 7) is 4.09. The van der Waals surface area contributed by atoms with Crippen LogP contribution in [0, 0.1) is 0 Å². The van der Waals surface area contributed by atoms with Gasteiger partial charge in [0.05, 0.1) is 12.7 Å². The highest BCUT2D eigenvalue weighted by Gasteiger charge is 2.12. The van der Waals surface area contributed by atoms with Crippen molar-refractivity contribution < 1.29 is 44.6 Å². The summed E-state index contributed by atoms with van der Waals surface area (Å²) in [5.74, 6) is -3.31. The second-order valence-corrected chi connectivity index (χ2v) is 8.91. The van der Waals surface area contributed by atoms with Crippen molar-refractivity contribution in [3.8, 4) is 0 Å². The summed E-state index contributed by atoms with van der Waals surface area (Å²) >= 11 is 0. The molecule has 1 unspecified atom stereocenters. The number of carboxylic acid groups (broad SMARTS) is 2. The average molecular weight is 519 g/mol. The van der Waals surface area contributed by atoms with Gasteiger partial charge in [0.2, 0.25) is 11.5 Å². The van der Waals surface area contributed by atoms with E-state index >= 15 is 0 Å². The Hall–Kier alpha value is -1.94. The molecule has 1 aromatic rings. The topological polar surface area (TPSA) is 169 Å². The van der Waals surface area contributed by atoms with E-state index in [1.54, 1.807) is 0 Å². The Morgan fingerprint density at radius 2 is 1.06 bits per heavy atom. The van der Waals surface area contributed by atoms with Crippen LogP contribution in [0.15, 0.2) is 16.5 Å². The Labute approximate surface area is 216 Å². The number of hydrogen-bond donors (Lipinski definition) is 6. The molecule has 36 heavy (non-hydrogen) atoms. The standard InChI is InChI=1S/C17H36O2.C6H4O5.C4H10O2/c1-2-3-4-5-6-7-8-9-10-11-12-13-14-15-17(19)16-18;7-5(8)3-1-2-4(11-3)6(9)10;1-2-3-4(5)6/h17-19H,2-16H2,1H3;1-2H,(H,7,8)(H,9,10);4-6H,2-3H2,1H3. The predicted octanol–water partition coefficient (Wildman–Crippen LogP) is 5.59. The molecule has 1 atom stereocenters. The van der Waals surface area contributed by atoms with Crippen molar-refractivity contribution in [2.24, 2.45) is 0 Å². The molecule has 0 spiro atoms. The van der Waals surface area contributed by atoms with E-state index in [-0.39, 0.29) is 18.1 Å². The van der Waals surface area contributed by atoms with Crippen molar-refractivity contribution >= 4 is 11.9 Å². The number of aromatic carboxylic acids is 2. The van der Waals surface area contributed by atoms with E-state index in [0.717, 1.165) is 31.4 Å². The molecular weight excluding hydrogens is 468 g/mol. The van der Waals surface area contributed by atoms with Gasteiger partial charge in [0, 0.05) is 0 Å². The Morgan fingerprint density at radius 3 is 1.31 bits per heavy atom. The molecule has 9 nitrogen and oxygen atoms in total. The third-order valence-corrected chi connectivity index (χ3v) is 5.43. The molecule has 0 bridgehead atoms. The maximum atomic E-state index is 10.2. The highest BCUT2D eigenvalue weighted by atomic mass is 16.5. The zero-order chi connectivity index (χ0) is 27.6. The van der Waals surface area contributed by atoms with Gasteiger partial charge in [-0.05, 0) is 25.0 Å². The van der Waals surface area contributed by atoms with Crippen LogP contribution in [0.1, 0.15) is 138 Å². The van der Waals surface area contributed by atoms with Gasteiger partial charge >= 0.3 is 11.9 Å². The first-order valence-corrected chi connectivity index (χ1v) is 13.4. The van der Waals surface area contributed by atoms with Crippen LogP contribution in [0.4, 0.5) is 0 Å². The first-order chi connectivity index (χ1) is 17.2. The highest BCUT2D eigenvalue weighted by Crippen LogP contribution is 2.13. The van der Waals surface area contributed by atoms with Crippen LogP contribution in [0.25, 0.3) is 0 Å². The average Bonchev–Trinajstić information content (AvgIpc) is 3.34. The van der Waals surface area contributed by atoms with Crippen molar-refractivity contribution in [1.82, 2.24) is 0 Å². The second kappa shape index (κ2) is 26.1. The molecular formula is C27H50O9. The SMILES string of the molecule is CCCC(O)O.CCCCCCCCCCCCCCCC(O)CO.O=C(O)c1ccc(C(=O)O)o1. The fraction of sp³-hybridized carbons (Fsp3) is 0.778. The number of furan rings is 1. The summed E-state index contributed by atoms with van der Waals surface area (Å²) < 4.78 is 4.41. The molecule has 0 fully saturated rings.